The first-order valence-electron chi connectivity index (χ1n) is 10.8. The number of sulfonamides is 1. The third-order valence-corrected chi connectivity index (χ3v) is 9.78. The molecule has 0 aliphatic carbocycles. The number of rotatable bonds is 6. The molecule has 8 nitrogen and oxygen atoms in total. The van der Waals surface area contributed by atoms with Gasteiger partial charge in [-0.05, 0) is 47.5 Å². The van der Waals surface area contributed by atoms with Gasteiger partial charge in [0.1, 0.15) is 6.04 Å². The lowest BCUT2D eigenvalue weighted by Gasteiger charge is -2.15. The number of nitrogens with zero attached hydrogens (tertiary/aromatic N) is 2. The Labute approximate surface area is 217 Å². The van der Waals surface area contributed by atoms with Gasteiger partial charge >= 0.3 is 0 Å². The van der Waals surface area contributed by atoms with Crippen LogP contribution in [0.2, 0.25) is 5.02 Å². The van der Waals surface area contributed by atoms with Crippen LogP contribution < -0.4 is 9.62 Å². The van der Waals surface area contributed by atoms with E-state index in [0.29, 0.717) is 26.0 Å². The minimum absolute atomic E-state index is 0.0532. The summed E-state index contributed by atoms with van der Waals surface area (Å²) in [5.74, 6) is -0.413. The van der Waals surface area contributed by atoms with Crippen molar-refractivity contribution in [1.29, 1.82) is 0 Å². The van der Waals surface area contributed by atoms with E-state index in [1.54, 1.807) is 42.5 Å². The average Bonchev–Trinajstić information content (AvgIpc) is 3.45. The van der Waals surface area contributed by atoms with E-state index >= 15 is 0 Å². The summed E-state index contributed by atoms with van der Waals surface area (Å²) in [5.41, 5.74) is 0.505. The van der Waals surface area contributed by atoms with Crippen molar-refractivity contribution < 1.29 is 21.6 Å². The Balaban J connectivity index is 1.36. The summed E-state index contributed by atoms with van der Waals surface area (Å²) in [6, 6.07) is 15.5. The average molecular weight is 562 g/mol. The number of halogens is 1. The van der Waals surface area contributed by atoms with Crippen LogP contribution in [-0.4, -0.2) is 46.6 Å². The van der Waals surface area contributed by atoms with Gasteiger partial charge < -0.3 is 0 Å². The quantitative estimate of drug-likeness (QED) is 0.379. The van der Waals surface area contributed by atoms with Crippen molar-refractivity contribution >= 4 is 64.6 Å². The van der Waals surface area contributed by atoms with E-state index < -0.39 is 31.8 Å². The highest BCUT2D eigenvalue weighted by Gasteiger charge is 2.37. The predicted octanol–water partition coefficient (Wildman–Crippen LogP) is 4.10. The van der Waals surface area contributed by atoms with E-state index in [1.807, 2.05) is 0 Å². The molecule has 3 aromatic carbocycles. The fraction of sp³-hybridized carbons (Fsp3) is 0.167. The number of nitrogens with one attached hydrogen (secondary N) is 1. The standard InChI is InChI=1S/C24H20ClN3O5S3/c1-35(30,31)22-5-3-2-4-19(22)21-14-26-24(34-21)28-11-10-20(23(28)29)27-36(32,33)18-9-7-15-12-17(25)8-6-16(15)13-18/h2-9,12-14,20,27H,10-11H2,1H3/t20-/m0/s1. The summed E-state index contributed by atoms with van der Waals surface area (Å²) in [6.45, 7) is 0.281. The molecule has 36 heavy (non-hydrogen) atoms. The van der Waals surface area contributed by atoms with Gasteiger partial charge in [0.05, 0.1) is 14.7 Å². The summed E-state index contributed by atoms with van der Waals surface area (Å²) in [5, 5.41) is 2.45. The molecular weight excluding hydrogens is 542 g/mol. The Bertz CT molecular complexity index is 1720. The van der Waals surface area contributed by atoms with Gasteiger partial charge in [-0.1, -0.05) is 53.3 Å². The lowest BCUT2D eigenvalue weighted by molar-refractivity contribution is -0.118. The van der Waals surface area contributed by atoms with Crippen molar-refractivity contribution in [3.8, 4) is 10.4 Å². The molecule has 1 aromatic heterocycles. The largest absolute Gasteiger partial charge is 0.287 e. The van der Waals surface area contributed by atoms with Gasteiger partial charge in [-0.3, -0.25) is 9.69 Å². The lowest BCUT2D eigenvalue weighted by atomic mass is 10.1. The highest BCUT2D eigenvalue weighted by molar-refractivity contribution is 7.91. The van der Waals surface area contributed by atoms with Crippen molar-refractivity contribution in [3.05, 3.63) is 71.9 Å². The zero-order valence-corrected chi connectivity index (χ0v) is 22.1. The Kier molecular flexibility index (Phi) is 6.38. The maximum atomic E-state index is 13.1. The molecule has 0 radical (unpaired) electrons. The van der Waals surface area contributed by atoms with Crippen LogP contribution in [0.1, 0.15) is 6.42 Å². The summed E-state index contributed by atoms with van der Waals surface area (Å²) in [7, 11) is -7.42. The number of carbonyl (C=O) groups excluding carboxylic acids is 1. The molecule has 1 N–H and O–H groups in total. The molecule has 12 heteroatoms. The smallest absolute Gasteiger partial charge is 0.247 e. The molecular formula is C24H20ClN3O5S3. The number of aromatic nitrogens is 1. The van der Waals surface area contributed by atoms with Gasteiger partial charge in [0.25, 0.3) is 0 Å². The van der Waals surface area contributed by atoms with Crippen LogP contribution in [0.4, 0.5) is 5.13 Å². The third-order valence-electron chi connectivity index (χ3n) is 5.86. The maximum Gasteiger partial charge on any atom is 0.247 e. The number of fused-ring (bicyclic) bond motifs is 1. The van der Waals surface area contributed by atoms with Gasteiger partial charge in [-0.15, -0.1) is 0 Å². The molecule has 1 amide bonds. The van der Waals surface area contributed by atoms with Crippen molar-refractivity contribution in [2.24, 2.45) is 0 Å². The number of hydrogen-bond acceptors (Lipinski definition) is 7. The number of sulfone groups is 1. The zero-order chi connectivity index (χ0) is 25.7. The second-order valence-electron chi connectivity index (χ2n) is 8.38. The topological polar surface area (TPSA) is 114 Å². The van der Waals surface area contributed by atoms with Crippen LogP contribution in [0.25, 0.3) is 21.2 Å². The summed E-state index contributed by atoms with van der Waals surface area (Å²) >= 11 is 7.18. The lowest BCUT2D eigenvalue weighted by Crippen LogP contribution is -2.41. The SMILES string of the molecule is CS(=O)(=O)c1ccccc1-c1cnc(N2CC[C@H](NS(=O)(=O)c3ccc4cc(Cl)ccc4c3)C2=O)s1. The summed E-state index contributed by atoms with van der Waals surface area (Å²) in [6.07, 6.45) is 2.94. The molecule has 2 heterocycles. The van der Waals surface area contributed by atoms with Crippen molar-refractivity contribution in [2.45, 2.75) is 22.3 Å². The van der Waals surface area contributed by atoms with Crippen LogP contribution >= 0.6 is 22.9 Å². The van der Waals surface area contributed by atoms with E-state index in [0.717, 1.165) is 11.6 Å². The number of anilines is 1. The molecule has 0 spiro atoms. The number of carbonyl (C=O) groups is 1. The Morgan fingerprint density at radius 1 is 1.03 bits per heavy atom. The second-order valence-corrected chi connectivity index (χ2v) is 13.5. The van der Waals surface area contributed by atoms with E-state index in [9.17, 15) is 21.6 Å². The van der Waals surface area contributed by atoms with Gasteiger partial charge in [-0.25, -0.2) is 21.8 Å². The predicted molar refractivity (Wildman–Crippen MR) is 141 cm³/mol. The molecule has 1 aliphatic rings. The van der Waals surface area contributed by atoms with Crippen LogP contribution in [0.15, 0.2) is 76.7 Å². The number of benzene rings is 3. The molecule has 1 aliphatic heterocycles. The minimum atomic E-state index is -3.96. The van der Waals surface area contributed by atoms with Crippen LogP contribution in [0.3, 0.4) is 0 Å². The molecule has 0 saturated carbocycles. The van der Waals surface area contributed by atoms with Gasteiger partial charge in [0.2, 0.25) is 15.9 Å². The monoisotopic (exact) mass is 561 g/mol. The highest BCUT2D eigenvalue weighted by Crippen LogP contribution is 2.36. The number of amides is 1. The fourth-order valence-corrected chi connectivity index (χ4v) is 7.50. The fourth-order valence-electron chi connectivity index (χ4n) is 4.10. The number of thiazole rings is 1. The molecule has 1 saturated heterocycles. The molecule has 4 aromatic rings. The normalized spacial score (nSPS) is 16.7. The molecule has 5 rings (SSSR count). The van der Waals surface area contributed by atoms with Crippen molar-refractivity contribution in [1.82, 2.24) is 9.71 Å². The first-order valence-corrected chi connectivity index (χ1v) is 15.4. The first-order chi connectivity index (χ1) is 17.0. The van der Waals surface area contributed by atoms with E-state index in [2.05, 4.69) is 9.71 Å². The van der Waals surface area contributed by atoms with Crippen molar-refractivity contribution in [2.75, 3.05) is 17.7 Å². The van der Waals surface area contributed by atoms with E-state index in [-0.39, 0.29) is 22.8 Å². The van der Waals surface area contributed by atoms with Crippen LogP contribution in [0, 0.1) is 0 Å². The third kappa shape index (κ3) is 4.76. The molecule has 1 atom stereocenters. The van der Waals surface area contributed by atoms with Crippen LogP contribution in [0.5, 0.6) is 0 Å². The van der Waals surface area contributed by atoms with Crippen molar-refractivity contribution in [3.63, 3.8) is 0 Å². The molecule has 0 bridgehead atoms. The summed E-state index contributed by atoms with van der Waals surface area (Å²) < 4.78 is 52.9. The van der Waals surface area contributed by atoms with Gasteiger partial charge in [0.15, 0.2) is 15.0 Å². The zero-order valence-electron chi connectivity index (χ0n) is 18.9. The van der Waals surface area contributed by atoms with Gasteiger partial charge in [0, 0.05) is 29.6 Å². The Morgan fingerprint density at radius 2 is 1.75 bits per heavy atom. The Hall–Kier alpha value is -2.83. The molecule has 0 unspecified atom stereocenters. The van der Waals surface area contributed by atoms with E-state index in [4.69, 9.17) is 11.6 Å². The first kappa shape index (κ1) is 24.8. The molecule has 186 valence electrons. The second kappa shape index (κ2) is 9.24. The van der Waals surface area contributed by atoms with Crippen LogP contribution in [-0.2, 0) is 24.7 Å². The van der Waals surface area contributed by atoms with Gasteiger partial charge in [-0.2, -0.15) is 4.72 Å². The molecule has 1 fully saturated rings. The Morgan fingerprint density at radius 3 is 2.53 bits per heavy atom. The minimum Gasteiger partial charge on any atom is -0.287 e. The van der Waals surface area contributed by atoms with E-state index in [1.165, 1.54) is 40.6 Å². The maximum absolute atomic E-state index is 13.1. The summed E-state index contributed by atoms with van der Waals surface area (Å²) in [4.78, 5) is 19.7. The highest BCUT2D eigenvalue weighted by atomic mass is 35.5. The number of hydrogen-bond donors (Lipinski definition) is 1.